The fourth-order valence-corrected chi connectivity index (χ4v) is 9.34. The van der Waals surface area contributed by atoms with Gasteiger partial charge in [0, 0.05) is 69.1 Å². The number of primary amides is 1. The second-order valence-corrected chi connectivity index (χ2v) is 20.1. The van der Waals surface area contributed by atoms with Crippen molar-refractivity contribution in [2.24, 2.45) is 11.7 Å². The largest absolute Gasteiger partial charge is 0.481 e. The molecule has 0 aliphatic rings. The molecule has 0 saturated heterocycles. The highest BCUT2D eigenvalue weighted by atomic mass is 33.1. The maximum absolute atomic E-state index is 12.9. The first kappa shape index (κ1) is 67.0. The minimum absolute atomic E-state index is 0.0107. The summed E-state index contributed by atoms with van der Waals surface area (Å²) in [5.74, 6) is -4.59. The molecule has 0 radical (unpaired) electrons. The van der Waals surface area contributed by atoms with Gasteiger partial charge in [-0.05, 0) is 39.5 Å². The van der Waals surface area contributed by atoms with Gasteiger partial charge < -0.3 is 50.8 Å². The van der Waals surface area contributed by atoms with Crippen LogP contribution >= 0.6 is 21.6 Å². The van der Waals surface area contributed by atoms with E-state index >= 15 is 0 Å². The van der Waals surface area contributed by atoms with Crippen molar-refractivity contribution in [3.63, 3.8) is 0 Å². The molecule has 0 saturated carbocycles. The molecule has 0 heterocycles. The van der Waals surface area contributed by atoms with Gasteiger partial charge in [-0.2, -0.15) is 0 Å². The van der Waals surface area contributed by atoms with Crippen LogP contribution in [0.5, 0.6) is 0 Å². The van der Waals surface area contributed by atoms with Crippen LogP contribution in [0.25, 0.3) is 0 Å². The molecule has 0 unspecified atom stereocenters. The van der Waals surface area contributed by atoms with Gasteiger partial charge in [0.2, 0.25) is 23.6 Å². The number of ether oxygens (including phenoxy) is 4. The Morgan fingerprint density at radius 2 is 1.04 bits per heavy atom. The number of nitrogens with two attached hydrogens (primary N) is 1. The Labute approximate surface area is 428 Å². The molecule has 0 bridgehead atoms. The van der Waals surface area contributed by atoms with Gasteiger partial charge in [-0.25, -0.2) is 4.79 Å². The number of carboxylic acids is 2. The van der Waals surface area contributed by atoms with E-state index in [2.05, 4.69) is 16.0 Å². The van der Waals surface area contributed by atoms with E-state index in [0.29, 0.717) is 30.8 Å². The number of nitrogens with one attached hydrogen (secondary N) is 3. The van der Waals surface area contributed by atoms with Crippen LogP contribution in [0.1, 0.15) is 162 Å². The van der Waals surface area contributed by atoms with E-state index in [1.165, 1.54) is 74.0 Å². The monoisotopic (exact) mass is 1050 g/mol. The number of rotatable bonds is 52. The molecule has 0 aromatic carbocycles. The lowest BCUT2D eigenvalue weighted by Crippen LogP contribution is -2.45. The van der Waals surface area contributed by atoms with Crippen molar-refractivity contribution < 1.29 is 77.1 Å². The summed E-state index contributed by atoms with van der Waals surface area (Å²) in [6.45, 7) is 3.30. The minimum Gasteiger partial charge on any atom is -0.481 e. The number of Topliss-reactive ketones (excluding diaryl/α,β-unsaturated/α-hetero) is 4. The number of carboxylic acid groups (broad SMARTS) is 2. The van der Waals surface area contributed by atoms with E-state index in [0.717, 1.165) is 44.9 Å². The second kappa shape index (κ2) is 45.9. The maximum Gasteiger partial charge on any atom is 0.326 e. The lowest BCUT2D eigenvalue weighted by molar-refractivity contribution is -0.142. The van der Waals surface area contributed by atoms with Crippen molar-refractivity contribution >= 4 is 80.3 Å². The van der Waals surface area contributed by atoms with E-state index in [1.54, 1.807) is 0 Å². The van der Waals surface area contributed by atoms with Gasteiger partial charge in [0.15, 0.2) is 5.78 Å². The molecule has 0 aliphatic heterocycles. The molecule has 4 amide bonds. The predicted molar refractivity (Wildman–Crippen MR) is 271 cm³/mol. The fourth-order valence-electron chi connectivity index (χ4n) is 6.85. The van der Waals surface area contributed by atoms with Crippen molar-refractivity contribution in [2.75, 3.05) is 70.9 Å². The van der Waals surface area contributed by atoms with Crippen LogP contribution in [0.2, 0.25) is 0 Å². The molecule has 408 valence electrons. The summed E-state index contributed by atoms with van der Waals surface area (Å²) >= 11 is 0. The number of aliphatic carboxylic acids is 2. The van der Waals surface area contributed by atoms with Crippen LogP contribution in [0, 0.1) is 5.92 Å². The fraction of sp³-hybridized carbons (Fsp3) is 0.796. The SMILES string of the molecule is CC(=O)CCSSC[C@H](CC(=O)[C@H](CC(N)=O)NC(=O)COCCOCCNC(=O)COCCOCCCC(=O)CC[C@H](NC(=O)CCCCCCCCCCCCCCCCC(=O)O)C(=O)O)C(C)=O. The summed E-state index contributed by atoms with van der Waals surface area (Å²) in [5, 5.41) is 25.8. The van der Waals surface area contributed by atoms with Crippen LogP contribution in [0.4, 0.5) is 0 Å². The van der Waals surface area contributed by atoms with E-state index < -0.39 is 60.6 Å². The van der Waals surface area contributed by atoms with Gasteiger partial charge in [-0.1, -0.05) is 98.6 Å². The number of amides is 4. The Balaban J connectivity index is 3.94. The van der Waals surface area contributed by atoms with Crippen molar-refractivity contribution in [2.45, 2.75) is 174 Å². The number of carbonyl (C=O) groups excluding carboxylic acids is 8. The topological polar surface area (TPSA) is 310 Å². The summed E-state index contributed by atoms with van der Waals surface area (Å²) < 4.78 is 21.4. The van der Waals surface area contributed by atoms with Crippen LogP contribution in [-0.4, -0.2) is 152 Å². The molecule has 20 nitrogen and oxygen atoms in total. The summed E-state index contributed by atoms with van der Waals surface area (Å²) in [6, 6.07) is -2.34. The number of carbonyl (C=O) groups is 10. The van der Waals surface area contributed by atoms with Gasteiger partial charge in [-0.15, -0.1) is 0 Å². The molecule has 0 spiro atoms. The molecule has 0 aromatic heterocycles. The standard InChI is InChI=1S/C49H84N4O16S2/c1-37(54)23-31-70-71-36-39(38(2)55)32-43(57)42(33-44(50)58)53-47(61)35-69-30-28-67-26-24-51-46(60)34-68-29-27-66-25-17-18-40(56)21-22-41(49(64)65)52-45(59)19-15-13-11-9-7-5-3-4-6-8-10-12-14-16-20-48(62)63/h39,41-42H,3-36H2,1-2H3,(H2,50,58)(H,51,60)(H,52,59)(H,53,61)(H,62,63)(H,64,65)/t39-,41-,42-/m0/s1. The lowest BCUT2D eigenvalue weighted by atomic mass is 9.95. The van der Waals surface area contributed by atoms with Crippen molar-refractivity contribution in [1.29, 1.82) is 0 Å². The summed E-state index contributed by atoms with van der Waals surface area (Å²) in [7, 11) is 2.79. The van der Waals surface area contributed by atoms with Crippen LogP contribution in [0.15, 0.2) is 0 Å². The Morgan fingerprint density at radius 3 is 1.58 bits per heavy atom. The molecule has 0 fully saturated rings. The molecular formula is C49H84N4O16S2. The van der Waals surface area contributed by atoms with E-state index in [-0.39, 0.29) is 120 Å². The molecule has 3 atom stereocenters. The Morgan fingerprint density at radius 1 is 0.521 bits per heavy atom. The average Bonchev–Trinajstić information content (AvgIpc) is 3.30. The zero-order valence-electron chi connectivity index (χ0n) is 42.3. The van der Waals surface area contributed by atoms with Crippen LogP contribution in [0.3, 0.4) is 0 Å². The predicted octanol–water partition coefficient (Wildman–Crippen LogP) is 5.08. The molecule has 7 N–H and O–H groups in total. The van der Waals surface area contributed by atoms with Gasteiger partial charge in [-0.3, -0.25) is 43.2 Å². The molecule has 71 heavy (non-hydrogen) atoms. The zero-order valence-corrected chi connectivity index (χ0v) is 43.9. The number of ketones is 4. The molecule has 0 aliphatic carbocycles. The quantitative estimate of drug-likeness (QED) is 0.0342. The van der Waals surface area contributed by atoms with E-state index in [9.17, 15) is 53.1 Å². The molecular weight excluding hydrogens is 965 g/mol. The highest BCUT2D eigenvalue weighted by Gasteiger charge is 2.28. The van der Waals surface area contributed by atoms with E-state index in [1.807, 2.05) is 0 Å². The highest BCUT2D eigenvalue weighted by molar-refractivity contribution is 8.76. The first-order valence-corrected chi connectivity index (χ1v) is 27.7. The highest BCUT2D eigenvalue weighted by Crippen LogP contribution is 2.27. The van der Waals surface area contributed by atoms with Crippen molar-refractivity contribution in [3.05, 3.63) is 0 Å². The minimum atomic E-state index is -1.22. The molecule has 0 aromatic rings. The van der Waals surface area contributed by atoms with Gasteiger partial charge in [0.25, 0.3) is 0 Å². The molecule has 22 heteroatoms. The third-order valence-electron chi connectivity index (χ3n) is 11.0. The average molecular weight is 1050 g/mol. The van der Waals surface area contributed by atoms with Crippen LogP contribution < -0.4 is 21.7 Å². The van der Waals surface area contributed by atoms with Crippen LogP contribution in [-0.2, 0) is 66.9 Å². The Bertz CT molecular complexity index is 1570. The Kier molecular flexibility index (Phi) is 43.3. The van der Waals surface area contributed by atoms with E-state index in [4.69, 9.17) is 29.8 Å². The normalized spacial score (nSPS) is 12.4. The zero-order chi connectivity index (χ0) is 52.9. The van der Waals surface area contributed by atoms with Crippen molar-refractivity contribution in [3.8, 4) is 0 Å². The first-order valence-electron chi connectivity index (χ1n) is 25.2. The van der Waals surface area contributed by atoms with Gasteiger partial charge in [0.05, 0.1) is 45.5 Å². The van der Waals surface area contributed by atoms with Gasteiger partial charge >= 0.3 is 11.9 Å². The third-order valence-corrected chi connectivity index (χ3v) is 13.4. The third kappa shape index (κ3) is 44.5. The number of unbranched alkanes of at least 4 members (excludes halogenated alkanes) is 13. The number of hydrogen-bond acceptors (Lipinski definition) is 16. The number of hydrogen-bond donors (Lipinski definition) is 6. The Hall–Kier alpha value is -3.96. The maximum atomic E-state index is 12.9. The summed E-state index contributed by atoms with van der Waals surface area (Å²) in [5.41, 5.74) is 5.29. The van der Waals surface area contributed by atoms with Gasteiger partial charge in [0.1, 0.15) is 36.6 Å². The first-order chi connectivity index (χ1) is 34.0. The summed E-state index contributed by atoms with van der Waals surface area (Å²) in [6.07, 6.45) is 15.9. The summed E-state index contributed by atoms with van der Waals surface area (Å²) in [4.78, 5) is 119. The smallest absolute Gasteiger partial charge is 0.326 e. The lowest BCUT2D eigenvalue weighted by Gasteiger charge is -2.19. The second-order valence-electron chi connectivity index (χ2n) is 17.5. The molecule has 0 rings (SSSR count). The van der Waals surface area contributed by atoms with Crippen molar-refractivity contribution in [1.82, 2.24) is 16.0 Å².